The molecule has 0 aliphatic heterocycles. The Bertz CT molecular complexity index is 948. The van der Waals surface area contributed by atoms with Crippen LogP contribution < -0.4 is 4.90 Å². The predicted molar refractivity (Wildman–Crippen MR) is 177 cm³/mol. The maximum Gasteiger partial charge on any atom is 0.312 e. The van der Waals surface area contributed by atoms with Gasteiger partial charge >= 0.3 is 6.43 Å². The maximum absolute atomic E-state index is 12.4. The number of alkyl halides is 2. The summed E-state index contributed by atoms with van der Waals surface area (Å²) < 4.78 is 29.7. The predicted octanol–water partition coefficient (Wildman–Crippen LogP) is 10.2. The SMILES string of the molecule is C=C(C)c1cccc(N(CCC)CCC)c1.C=C(OC(=NC)C(F)F)c1ccc(CC)cc1.C=NC.CC.CC. The molecule has 2 aromatic carbocycles. The quantitative estimate of drug-likeness (QED) is 0.165. The molecule has 0 bridgehead atoms. The topological polar surface area (TPSA) is 37.2 Å². The van der Waals surface area contributed by atoms with Crippen molar-refractivity contribution in [2.45, 2.75) is 81.1 Å². The lowest BCUT2D eigenvalue weighted by Crippen LogP contribution is -2.24. The van der Waals surface area contributed by atoms with E-state index in [-0.39, 0.29) is 5.76 Å². The molecule has 0 heterocycles. The summed E-state index contributed by atoms with van der Waals surface area (Å²) in [4.78, 5) is 9.07. The second kappa shape index (κ2) is 27.3. The summed E-state index contributed by atoms with van der Waals surface area (Å²) in [6, 6.07) is 16.1. The fraction of sp³-hybridized carbons (Fsp3) is 0.471. The fourth-order valence-electron chi connectivity index (χ4n) is 3.18. The number of aryl methyl sites for hydroxylation is 1. The van der Waals surface area contributed by atoms with E-state index in [0.717, 1.165) is 25.1 Å². The van der Waals surface area contributed by atoms with Gasteiger partial charge in [-0.25, -0.2) is 0 Å². The highest BCUT2D eigenvalue weighted by atomic mass is 19.3. The molecule has 0 saturated heterocycles. The number of rotatable bonds is 10. The fourth-order valence-corrected chi connectivity index (χ4v) is 3.18. The molecule has 226 valence electrons. The number of hydrogen-bond donors (Lipinski definition) is 0. The summed E-state index contributed by atoms with van der Waals surface area (Å²) in [5.74, 6) is -0.442. The van der Waals surface area contributed by atoms with Crippen LogP contribution in [0.3, 0.4) is 0 Å². The number of allylic oxidation sites excluding steroid dienone is 1. The zero-order valence-electron chi connectivity index (χ0n) is 26.9. The van der Waals surface area contributed by atoms with Gasteiger partial charge in [0.2, 0.25) is 0 Å². The second-order valence-corrected chi connectivity index (χ2v) is 8.07. The molecule has 0 amide bonds. The maximum atomic E-state index is 12.4. The minimum atomic E-state index is -2.73. The van der Waals surface area contributed by atoms with Gasteiger partial charge in [-0.1, -0.05) is 104 Å². The van der Waals surface area contributed by atoms with E-state index in [1.165, 1.54) is 36.7 Å². The standard InChI is InChI=1S/C15H23N.C13H15F2NO.C2H5N.2C2H6/c1-5-10-16(11-6-2)15-9-7-8-14(12-15)13(3)4;1-4-10-5-7-11(8-6-10)9(2)17-13(16-3)12(14)15;1-3-2;2*1-2/h7-9,12H,3,5-6,10-11H2,1-2,4H3;5-8,12H,2,4H2,1,3H3;1H2,2H3;2*1-2H3. The molecule has 2 rings (SSSR count). The number of halogens is 2. The van der Waals surface area contributed by atoms with Gasteiger partial charge in [0.1, 0.15) is 5.76 Å². The van der Waals surface area contributed by atoms with Crippen molar-refractivity contribution in [2.75, 3.05) is 32.1 Å². The first-order chi connectivity index (χ1) is 19.2. The molecule has 0 radical (unpaired) electrons. The summed E-state index contributed by atoms with van der Waals surface area (Å²) in [7, 11) is 2.90. The molecule has 0 fully saturated rings. The van der Waals surface area contributed by atoms with Gasteiger partial charge in [0, 0.05) is 38.4 Å². The van der Waals surface area contributed by atoms with Gasteiger partial charge in [0.15, 0.2) is 0 Å². The van der Waals surface area contributed by atoms with Crippen molar-refractivity contribution in [3.8, 4) is 0 Å². The van der Waals surface area contributed by atoms with E-state index < -0.39 is 12.3 Å². The largest absolute Gasteiger partial charge is 0.438 e. The first-order valence-corrected chi connectivity index (χ1v) is 14.2. The van der Waals surface area contributed by atoms with Crippen molar-refractivity contribution in [3.63, 3.8) is 0 Å². The number of benzene rings is 2. The number of nitrogens with zero attached hydrogens (tertiary/aromatic N) is 3. The Kier molecular flexibility index (Phi) is 28.1. The molecule has 0 aliphatic carbocycles. The molecule has 6 heteroatoms. The lowest BCUT2D eigenvalue weighted by atomic mass is 10.1. The Hall–Kier alpha value is -3.28. The summed E-state index contributed by atoms with van der Waals surface area (Å²) in [5, 5.41) is 0. The van der Waals surface area contributed by atoms with Crippen LogP contribution in [-0.4, -0.2) is 46.2 Å². The molecule has 4 nitrogen and oxygen atoms in total. The number of hydrogen-bond acceptors (Lipinski definition) is 4. The average molecular weight is 560 g/mol. The number of aliphatic imine (C=N–C) groups is 2. The zero-order chi connectivity index (χ0) is 31.5. The van der Waals surface area contributed by atoms with Gasteiger partial charge in [-0.3, -0.25) is 4.99 Å². The number of ether oxygens (including phenoxy) is 1. The normalized spacial score (nSPS) is 9.68. The lowest BCUT2D eigenvalue weighted by Gasteiger charge is -2.24. The Balaban J connectivity index is -0.000000560. The van der Waals surface area contributed by atoms with E-state index in [0.29, 0.717) is 5.56 Å². The third-order valence-electron chi connectivity index (χ3n) is 5.01. The van der Waals surface area contributed by atoms with Crippen LogP contribution in [0.15, 0.2) is 71.7 Å². The van der Waals surface area contributed by atoms with E-state index in [1.54, 1.807) is 19.2 Å². The first-order valence-electron chi connectivity index (χ1n) is 14.2. The van der Waals surface area contributed by atoms with Gasteiger partial charge in [-0.05, 0) is 56.2 Å². The van der Waals surface area contributed by atoms with Crippen molar-refractivity contribution in [1.82, 2.24) is 0 Å². The molecule has 0 unspecified atom stereocenters. The molecular formula is C34H55F2N3O. The Morgan fingerprint density at radius 2 is 1.38 bits per heavy atom. The van der Waals surface area contributed by atoms with Gasteiger partial charge in [-0.15, -0.1) is 0 Å². The smallest absolute Gasteiger partial charge is 0.312 e. The van der Waals surface area contributed by atoms with Crippen LogP contribution in [0.2, 0.25) is 0 Å². The third kappa shape index (κ3) is 18.1. The monoisotopic (exact) mass is 559 g/mol. The average Bonchev–Trinajstić information content (AvgIpc) is 2.98. The zero-order valence-corrected chi connectivity index (χ0v) is 26.9. The van der Waals surface area contributed by atoms with Crippen LogP contribution >= 0.6 is 0 Å². The molecule has 0 aromatic heterocycles. The van der Waals surface area contributed by atoms with Crippen LogP contribution in [0.4, 0.5) is 14.5 Å². The third-order valence-corrected chi connectivity index (χ3v) is 5.01. The van der Waals surface area contributed by atoms with Crippen molar-refractivity contribution in [3.05, 3.63) is 78.4 Å². The van der Waals surface area contributed by atoms with Crippen LogP contribution in [0.1, 0.15) is 84.9 Å². The molecule has 0 N–H and O–H groups in total. The molecular weight excluding hydrogens is 504 g/mol. The Morgan fingerprint density at radius 3 is 1.75 bits per heavy atom. The van der Waals surface area contributed by atoms with Gasteiger partial charge in [0.25, 0.3) is 5.90 Å². The molecule has 0 saturated carbocycles. The van der Waals surface area contributed by atoms with E-state index in [9.17, 15) is 8.78 Å². The lowest BCUT2D eigenvalue weighted by molar-refractivity contribution is 0.196. The summed E-state index contributed by atoms with van der Waals surface area (Å²) in [6.45, 7) is 29.5. The first kappa shape index (κ1) is 41.2. The molecule has 0 atom stereocenters. The highest BCUT2D eigenvalue weighted by Gasteiger charge is 2.16. The van der Waals surface area contributed by atoms with Gasteiger partial charge < -0.3 is 14.6 Å². The highest BCUT2D eigenvalue weighted by Crippen LogP contribution is 2.21. The summed E-state index contributed by atoms with van der Waals surface area (Å²) in [5.41, 5.74) is 5.54. The molecule has 0 aliphatic rings. The van der Waals surface area contributed by atoms with Crippen LogP contribution in [0, 0.1) is 0 Å². The molecule has 0 spiro atoms. The molecule has 2 aromatic rings. The van der Waals surface area contributed by atoms with Crippen LogP contribution in [-0.2, 0) is 11.2 Å². The van der Waals surface area contributed by atoms with E-state index in [1.807, 2.05) is 46.8 Å². The summed E-state index contributed by atoms with van der Waals surface area (Å²) >= 11 is 0. The summed E-state index contributed by atoms with van der Waals surface area (Å²) in [6.07, 6.45) is 0.577. The highest BCUT2D eigenvalue weighted by molar-refractivity contribution is 5.84. The number of anilines is 1. The second-order valence-electron chi connectivity index (χ2n) is 8.07. The van der Waals surface area contributed by atoms with E-state index in [2.05, 4.69) is 79.8 Å². The Labute approximate surface area is 244 Å². The molecule has 40 heavy (non-hydrogen) atoms. The van der Waals surface area contributed by atoms with Gasteiger partial charge in [0.05, 0.1) is 0 Å². The van der Waals surface area contributed by atoms with Crippen LogP contribution in [0.25, 0.3) is 11.3 Å². The van der Waals surface area contributed by atoms with Crippen molar-refractivity contribution >= 4 is 29.6 Å². The minimum Gasteiger partial charge on any atom is -0.438 e. The van der Waals surface area contributed by atoms with Crippen molar-refractivity contribution in [1.29, 1.82) is 0 Å². The minimum absolute atomic E-state index is 0.175. The van der Waals surface area contributed by atoms with E-state index in [4.69, 9.17) is 4.74 Å². The van der Waals surface area contributed by atoms with Crippen LogP contribution in [0.5, 0.6) is 0 Å². The van der Waals surface area contributed by atoms with Crippen molar-refractivity contribution < 1.29 is 13.5 Å². The van der Waals surface area contributed by atoms with Crippen molar-refractivity contribution in [2.24, 2.45) is 9.98 Å². The van der Waals surface area contributed by atoms with E-state index >= 15 is 0 Å². The van der Waals surface area contributed by atoms with Gasteiger partial charge in [-0.2, -0.15) is 8.78 Å². The Morgan fingerprint density at radius 1 is 0.875 bits per heavy atom.